The third-order valence-electron chi connectivity index (χ3n) is 5.23. The first-order valence-electron chi connectivity index (χ1n) is 9.65. The minimum Gasteiger partial charge on any atom is -0.497 e. The minimum atomic E-state index is -0.162. The predicted octanol–water partition coefficient (Wildman–Crippen LogP) is 3.19. The highest BCUT2D eigenvalue weighted by Crippen LogP contribution is 2.34. The average Bonchev–Trinajstić information content (AvgIpc) is 3.22. The summed E-state index contributed by atoms with van der Waals surface area (Å²) in [6, 6.07) is 13.0. The van der Waals surface area contributed by atoms with E-state index in [1.807, 2.05) is 36.4 Å². The van der Waals surface area contributed by atoms with Gasteiger partial charge in [0, 0.05) is 30.4 Å². The van der Waals surface area contributed by atoms with E-state index in [-0.39, 0.29) is 11.6 Å². The van der Waals surface area contributed by atoms with Crippen molar-refractivity contribution in [2.45, 2.75) is 25.4 Å². The summed E-state index contributed by atoms with van der Waals surface area (Å²) in [5, 5.41) is 0. The number of ether oxygens (including phenoxy) is 2. The van der Waals surface area contributed by atoms with Crippen molar-refractivity contribution in [2.75, 3.05) is 20.8 Å². The Hall–Kier alpha value is -3.19. The van der Waals surface area contributed by atoms with Gasteiger partial charge in [0.15, 0.2) is 0 Å². The van der Waals surface area contributed by atoms with Crippen LogP contribution in [0.2, 0.25) is 0 Å². The number of methoxy groups -OCH3 is 2. The molecule has 1 fully saturated rings. The molecule has 0 unspecified atom stereocenters. The van der Waals surface area contributed by atoms with Gasteiger partial charge in [-0.05, 0) is 37.6 Å². The standard InChI is InChI=1S/C22H24N4O3/c1-28-16-9-8-15(20(12-16)29-2)14-26-11-5-7-19(26)22-24-18(13-21(27)25-22)17-6-3-4-10-23-17/h3-4,6,8-10,12-13,19H,5,7,11,14H2,1-2H3,(H,24,25,27)/t19-/m0/s1. The summed E-state index contributed by atoms with van der Waals surface area (Å²) in [6.45, 7) is 1.63. The Morgan fingerprint density at radius 1 is 1.14 bits per heavy atom. The molecule has 3 heterocycles. The summed E-state index contributed by atoms with van der Waals surface area (Å²) in [4.78, 5) is 26.6. The molecule has 7 nitrogen and oxygen atoms in total. The molecule has 0 aliphatic carbocycles. The van der Waals surface area contributed by atoms with Crippen LogP contribution in [0.1, 0.15) is 30.3 Å². The molecule has 4 rings (SSSR count). The number of likely N-dealkylation sites (tertiary alicyclic amines) is 1. The predicted molar refractivity (Wildman–Crippen MR) is 110 cm³/mol. The molecule has 2 aromatic heterocycles. The van der Waals surface area contributed by atoms with Gasteiger partial charge in [0.05, 0.1) is 31.6 Å². The number of benzene rings is 1. The molecule has 1 N–H and O–H groups in total. The van der Waals surface area contributed by atoms with E-state index in [2.05, 4.69) is 14.9 Å². The molecule has 1 aliphatic rings. The fourth-order valence-corrected chi connectivity index (χ4v) is 3.81. The van der Waals surface area contributed by atoms with Crippen molar-refractivity contribution in [3.63, 3.8) is 0 Å². The van der Waals surface area contributed by atoms with Crippen LogP contribution in [0.4, 0.5) is 0 Å². The molecular weight excluding hydrogens is 368 g/mol. The molecule has 1 atom stereocenters. The molecule has 1 aliphatic heterocycles. The zero-order chi connectivity index (χ0) is 20.2. The van der Waals surface area contributed by atoms with E-state index >= 15 is 0 Å². The number of nitrogens with zero attached hydrogens (tertiary/aromatic N) is 3. The highest BCUT2D eigenvalue weighted by molar-refractivity contribution is 5.52. The van der Waals surface area contributed by atoms with E-state index in [9.17, 15) is 4.79 Å². The Labute approximate surface area is 169 Å². The lowest BCUT2D eigenvalue weighted by atomic mass is 10.1. The molecule has 0 spiro atoms. The highest BCUT2D eigenvalue weighted by atomic mass is 16.5. The molecule has 0 amide bonds. The number of rotatable bonds is 6. The number of hydrogen-bond acceptors (Lipinski definition) is 6. The van der Waals surface area contributed by atoms with Crippen LogP contribution in [0, 0.1) is 0 Å². The monoisotopic (exact) mass is 392 g/mol. The van der Waals surface area contributed by atoms with Gasteiger partial charge < -0.3 is 14.5 Å². The van der Waals surface area contributed by atoms with Gasteiger partial charge in [-0.1, -0.05) is 12.1 Å². The highest BCUT2D eigenvalue weighted by Gasteiger charge is 2.29. The van der Waals surface area contributed by atoms with Gasteiger partial charge in [0.1, 0.15) is 17.3 Å². The summed E-state index contributed by atoms with van der Waals surface area (Å²) in [5.41, 5.74) is 2.20. The first-order valence-corrected chi connectivity index (χ1v) is 9.65. The van der Waals surface area contributed by atoms with Gasteiger partial charge in [-0.2, -0.15) is 0 Å². The number of aromatic nitrogens is 3. The molecule has 0 bridgehead atoms. The molecule has 150 valence electrons. The van der Waals surface area contributed by atoms with Crippen LogP contribution in [0.5, 0.6) is 11.5 Å². The van der Waals surface area contributed by atoms with E-state index in [4.69, 9.17) is 14.5 Å². The number of aromatic amines is 1. The second kappa shape index (κ2) is 8.45. The fraction of sp³-hybridized carbons (Fsp3) is 0.318. The topological polar surface area (TPSA) is 80.3 Å². The number of pyridine rings is 1. The van der Waals surface area contributed by atoms with Crippen molar-refractivity contribution in [1.29, 1.82) is 0 Å². The van der Waals surface area contributed by atoms with Gasteiger partial charge in [0.2, 0.25) is 0 Å². The Balaban J connectivity index is 1.62. The summed E-state index contributed by atoms with van der Waals surface area (Å²) in [7, 11) is 3.30. The van der Waals surface area contributed by atoms with Crippen LogP contribution < -0.4 is 15.0 Å². The van der Waals surface area contributed by atoms with E-state index < -0.39 is 0 Å². The molecule has 7 heteroatoms. The second-order valence-electron chi connectivity index (χ2n) is 7.04. The molecule has 1 aromatic carbocycles. The van der Waals surface area contributed by atoms with Crippen LogP contribution in [0.25, 0.3) is 11.4 Å². The summed E-state index contributed by atoms with van der Waals surface area (Å²) in [6.07, 6.45) is 3.68. The Kier molecular flexibility index (Phi) is 5.57. The van der Waals surface area contributed by atoms with Crippen molar-refractivity contribution in [1.82, 2.24) is 19.9 Å². The molecule has 1 saturated heterocycles. The molecule has 3 aromatic rings. The van der Waals surface area contributed by atoms with E-state index in [0.717, 1.165) is 36.4 Å². The molecule has 0 radical (unpaired) electrons. The summed E-state index contributed by atoms with van der Waals surface area (Å²) in [5.74, 6) is 2.24. The third-order valence-corrected chi connectivity index (χ3v) is 5.23. The van der Waals surface area contributed by atoms with Crippen LogP contribution in [0.15, 0.2) is 53.5 Å². The number of nitrogens with one attached hydrogen (secondary N) is 1. The fourth-order valence-electron chi connectivity index (χ4n) is 3.81. The lowest BCUT2D eigenvalue weighted by Crippen LogP contribution is -2.26. The Bertz CT molecular complexity index is 1040. The maximum Gasteiger partial charge on any atom is 0.251 e. The lowest BCUT2D eigenvalue weighted by molar-refractivity contribution is 0.236. The van der Waals surface area contributed by atoms with Crippen molar-refractivity contribution in [3.8, 4) is 22.9 Å². The van der Waals surface area contributed by atoms with Gasteiger partial charge >= 0.3 is 0 Å². The first-order chi connectivity index (χ1) is 14.2. The van der Waals surface area contributed by atoms with Gasteiger partial charge in [-0.25, -0.2) is 4.98 Å². The molecular formula is C22H24N4O3. The van der Waals surface area contributed by atoms with Gasteiger partial charge in [-0.15, -0.1) is 0 Å². The largest absolute Gasteiger partial charge is 0.497 e. The summed E-state index contributed by atoms with van der Waals surface area (Å²) >= 11 is 0. The normalized spacial score (nSPS) is 16.7. The van der Waals surface area contributed by atoms with Crippen molar-refractivity contribution in [3.05, 3.63) is 70.4 Å². The Morgan fingerprint density at radius 3 is 2.79 bits per heavy atom. The number of H-pyrrole nitrogens is 1. The maximum absolute atomic E-state index is 12.3. The zero-order valence-electron chi connectivity index (χ0n) is 16.6. The third kappa shape index (κ3) is 4.14. The maximum atomic E-state index is 12.3. The van der Waals surface area contributed by atoms with E-state index in [1.54, 1.807) is 20.4 Å². The van der Waals surface area contributed by atoms with Gasteiger partial charge in [0.25, 0.3) is 5.56 Å². The summed E-state index contributed by atoms with van der Waals surface area (Å²) < 4.78 is 10.8. The van der Waals surface area contributed by atoms with Gasteiger partial charge in [-0.3, -0.25) is 14.7 Å². The average molecular weight is 392 g/mol. The SMILES string of the molecule is COc1ccc(CN2CCC[C@H]2c2nc(-c3ccccn3)cc(=O)[nH]2)c(OC)c1. The zero-order valence-corrected chi connectivity index (χ0v) is 16.6. The molecule has 29 heavy (non-hydrogen) atoms. The second-order valence-corrected chi connectivity index (χ2v) is 7.04. The molecule has 0 saturated carbocycles. The quantitative estimate of drug-likeness (QED) is 0.694. The first kappa shape index (κ1) is 19.1. The lowest BCUT2D eigenvalue weighted by Gasteiger charge is -2.25. The van der Waals surface area contributed by atoms with Crippen molar-refractivity contribution < 1.29 is 9.47 Å². The van der Waals surface area contributed by atoms with Crippen LogP contribution >= 0.6 is 0 Å². The minimum absolute atomic E-state index is 0.0400. The van der Waals surface area contributed by atoms with Crippen LogP contribution in [-0.4, -0.2) is 40.6 Å². The smallest absolute Gasteiger partial charge is 0.251 e. The van der Waals surface area contributed by atoms with E-state index in [0.29, 0.717) is 23.8 Å². The Morgan fingerprint density at radius 2 is 2.03 bits per heavy atom. The number of hydrogen-bond donors (Lipinski definition) is 1. The van der Waals surface area contributed by atoms with Crippen LogP contribution in [0.3, 0.4) is 0 Å². The van der Waals surface area contributed by atoms with Crippen molar-refractivity contribution in [2.24, 2.45) is 0 Å². The van der Waals surface area contributed by atoms with Crippen molar-refractivity contribution >= 4 is 0 Å². The van der Waals surface area contributed by atoms with Crippen LogP contribution in [-0.2, 0) is 6.54 Å². The van der Waals surface area contributed by atoms with E-state index in [1.165, 1.54) is 6.07 Å².